The molecule has 2 aromatic carbocycles. The highest BCUT2D eigenvalue weighted by Gasteiger charge is 2.09. The van der Waals surface area contributed by atoms with Crippen molar-refractivity contribution >= 4 is 28.1 Å². The van der Waals surface area contributed by atoms with Gasteiger partial charge in [-0.2, -0.15) is 5.10 Å². The molecule has 0 atom stereocenters. The Bertz CT molecular complexity index is 806. The number of rotatable bonds is 6. The number of carbonyl (C=O) groups excluding carboxylic acids is 1. The van der Waals surface area contributed by atoms with E-state index < -0.39 is 5.91 Å². The third-order valence-corrected chi connectivity index (χ3v) is 4.05. The van der Waals surface area contributed by atoms with Crippen molar-refractivity contribution in [2.75, 3.05) is 13.7 Å². The predicted molar refractivity (Wildman–Crippen MR) is 99.5 cm³/mol. The Labute approximate surface area is 154 Å². The van der Waals surface area contributed by atoms with E-state index in [9.17, 15) is 9.90 Å². The molecule has 2 rings (SSSR count). The summed E-state index contributed by atoms with van der Waals surface area (Å²) in [6, 6.07) is 8.94. The van der Waals surface area contributed by atoms with Crippen molar-refractivity contribution in [3.63, 3.8) is 0 Å². The van der Waals surface area contributed by atoms with Crippen LogP contribution in [0.5, 0.6) is 17.2 Å². The van der Waals surface area contributed by atoms with Crippen molar-refractivity contribution in [2.24, 2.45) is 5.10 Å². The van der Waals surface area contributed by atoms with E-state index in [1.54, 1.807) is 12.1 Å². The maximum atomic E-state index is 11.8. The van der Waals surface area contributed by atoms with Crippen LogP contribution < -0.4 is 14.9 Å². The number of aryl methyl sites for hydroxylation is 1. The molecular weight excluding hydrogens is 388 g/mol. The molecule has 132 valence electrons. The number of amides is 1. The average molecular weight is 407 g/mol. The van der Waals surface area contributed by atoms with E-state index in [0.717, 1.165) is 11.1 Å². The van der Waals surface area contributed by atoms with Crippen molar-refractivity contribution in [1.29, 1.82) is 0 Å². The lowest BCUT2D eigenvalue weighted by Crippen LogP contribution is -2.24. The normalized spacial score (nSPS) is 10.7. The lowest BCUT2D eigenvalue weighted by atomic mass is 10.1. The van der Waals surface area contributed by atoms with Gasteiger partial charge in [0.25, 0.3) is 5.91 Å². The summed E-state index contributed by atoms with van der Waals surface area (Å²) >= 11 is 3.31. The van der Waals surface area contributed by atoms with Crippen LogP contribution in [0.4, 0.5) is 0 Å². The van der Waals surface area contributed by atoms with Crippen LogP contribution in [0.3, 0.4) is 0 Å². The van der Waals surface area contributed by atoms with Crippen LogP contribution in [-0.2, 0) is 4.79 Å². The number of hydrogen-bond donors (Lipinski definition) is 2. The molecule has 7 heteroatoms. The third-order valence-electron chi connectivity index (χ3n) is 3.60. The molecule has 0 aromatic heterocycles. The number of carbonyl (C=O) groups is 1. The Morgan fingerprint density at radius 2 is 2.08 bits per heavy atom. The minimum absolute atomic E-state index is 0.0599. The zero-order valence-electron chi connectivity index (χ0n) is 14.2. The summed E-state index contributed by atoms with van der Waals surface area (Å²) in [5, 5.41) is 13.8. The minimum atomic E-state index is -0.404. The molecule has 0 fully saturated rings. The first-order chi connectivity index (χ1) is 11.9. The van der Waals surface area contributed by atoms with Crippen LogP contribution in [-0.4, -0.2) is 30.9 Å². The average Bonchev–Trinajstić information content (AvgIpc) is 2.58. The van der Waals surface area contributed by atoms with E-state index >= 15 is 0 Å². The van der Waals surface area contributed by atoms with Crippen molar-refractivity contribution in [1.82, 2.24) is 5.43 Å². The van der Waals surface area contributed by atoms with E-state index in [4.69, 9.17) is 9.47 Å². The molecule has 0 aliphatic rings. The second kappa shape index (κ2) is 8.53. The second-order valence-electron chi connectivity index (χ2n) is 5.33. The fourth-order valence-electron chi connectivity index (χ4n) is 2.08. The van der Waals surface area contributed by atoms with E-state index in [0.29, 0.717) is 21.5 Å². The van der Waals surface area contributed by atoms with Gasteiger partial charge in [0.2, 0.25) is 0 Å². The second-order valence-corrected chi connectivity index (χ2v) is 6.24. The van der Waals surface area contributed by atoms with Crippen molar-refractivity contribution < 1.29 is 19.4 Å². The summed E-state index contributed by atoms with van der Waals surface area (Å²) in [4.78, 5) is 11.8. The molecule has 2 N–H and O–H groups in total. The maximum Gasteiger partial charge on any atom is 0.277 e. The number of phenolic OH excluding ortho intramolecular Hbond substituents is 1. The molecule has 6 nitrogen and oxygen atoms in total. The highest BCUT2D eigenvalue weighted by Crippen LogP contribution is 2.32. The zero-order chi connectivity index (χ0) is 18.4. The van der Waals surface area contributed by atoms with Crippen LogP contribution in [0.1, 0.15) is 16.7 Å². The Morgan fingerprint density at radius 1 is 1.32 bits per heavy atom. The predicted octanol–water partition coefficient (Wildman–Crippen LogP) is 3.31. The molecule has 0 radical (unpaired) electrons. The Morgan fingerprint density at radius 3 is 2.80 bits per heavy atom. The molecule has 25 heavy (non-hydrogen) atoms. The van der Waals surface area contributed by atoms with Crippen molar-refractivity contribution in [2.45, 2.75) is 13.8 Å². The number of aromatic hydroxyl groups is 1. The highest BCUT2D eigenvalue weighted by molar-refractivity contribution is 9.10. The van der Waals surface area contributed by atoms with Crippen LogP contribution in [0, 0.1) is 13.8 Å². The lowest BCUT2D eigenvalue weighted by Gasteiger charge is -2.10. The topological polar surface area (TPSA) is 80.2 Å². The largest absolute Gasteiger partial charge is 0.504 e. The quantitative estimate of drug-likeness (QED) is 0.569. The smallest absolute Gasteiger partial charge is 0.277 e. The van der Waals surface area contributed by atoms with Crippen LogP contribution in [0.15, 0.2) is 39.9 Å². The molecule has 0 spiro atoms. The molecule has 0 heterocycles. The first-order valence-corrected chi connectivity index (χ1v) is 8.29. The number of nitrogens with one attached hydrogen (secondary N) is 1. The fraction of sp³-hybridized carbons (Fsp3) is 0.222. The Kier molecular flexibility index (Phi) is 6.41. The Hall–Kier alpha value is -2.54. The standard InChI is InChI=1S/C18H19BrN2O4/c1-11-5-4-6-15(12(11)2)25-10-17(22)21-20-9-13-7-14(19)8-16(24-3)18(13)23/h4-9,23H,10H2,1-3H3,(H,21,22)/b20-9+. The fourth-order valence-corrected chi connectivity index (χ4v) is 2.53. The van der Waals surface area contributed by atoms with E-state index in [-0.39, 0.29) is 12.4 Å². The number of benzene rings is 2. The lowest BCUT2D eigenvalue weighted by molar-refractivity contribution is -0.123. The molecule has 1 amide bonds. The van der Waals surface area contributed by atoms with Gasteiger partial charge in [0.15, 0.2) is 18.1 Å². The summed E-state index contributed by atoms with van der Waals surface area (Å²) in [7, 11) is 1.45. The van der Waals surface area contributed by atoms with E-state index in [1.165, 1.54) is 13.3 Å². The number of methoxy groups -OCH3 is 1. The van der Waals surface area contributed by atoms with Gasteiger partial charge in [-0.1, -0.05) is 28.1 Å². The minimum Gasteiger partial charge on any atom is -0.504 e. The summed E-state index contributed by atoms with van der Waals surface area (Å²) in [6.45, 7) is 3.75. The molecule has 0 saturated heterocycles. The molecule has 0 saturated carbocycles. The van der Waals surface area contributed by atoms with Crippen LogP contribution >= 0.6 is 15.9 Å². The summed E-state index contributed by atoms with van der Waals surface area (Å²) in [5.41, 5.74) is 4.85. The van der Waals surface area contributed by atoms with Gasteiger partial charge in [0.1, 0.15) is 5.75 Å². The molecule has 2 aromatic rings. The van der Waals surface area contributed by atoms with Gasteiger partial charge in [-0.15, -0.1) is 0 Å². The molecule has 0 aliphatic heterocycles. The molecule has 0 aliphatic carbocycles. The first kappa shape index (κ1) is 18.8. The molecule has 0 unspecified atom stereocenters. The molecule has 0 bridgehead atoms. The van der Waals surface area contributed by atoms with Gasteiger partial charge in [-0.3, -0.25) is 4.79 Å². The summed E-state index contributed by atoms with van der Waals surface area (Å²) in [5.74, 6) is 0.503. The van der Waals surface area contributed by atoms with Crippen LogP contribution in [0.2, 0.25) is 0 Å². The van der Waals surface area contributed by atoms with Crippen molar-refractivity contribution in [3.05, 3.63) is 51.5 Å². The van der Waals surface area contributed by atoms with Gasteiger partial charge in [0, 0.05) is 10.0 Å². The van der Waals surface area contributed by atoms with E-state index in [1.807, 2.05) is 32.0 Å². The van der Waals surface area contributed by atoms with Gasteiger partial charge >= 0.3 is 0 Å². The Balaban J connectivity index is 1.95. The maximum absolute atomic E-state index is 11.8. The number of phenols is 1. The number of ether oxygens (including phenoxy) is 2. The monoisotopic (exact) mass is 406 g/mol. The molecular formula is C18H19BrN2O4. The summed E-state index contributed by atoms with van der Waals surface area (Å²) in [6.07, 6.45) is 1.33. The number of hydrazone groups is 1. The van der Waals surface area contributed by atoms with Gasteiger partial charge < -0.3 is 14.6 Å². The number of hydrogen-bond acceptors (Lipinski definition) is 5. The SMILES string of the molecule is COc1cc(Br)cc(/C=N/NC(=O)COc2cccc(C)c2C)c1O. The first-order valence-electron chi connectivity index (χ1n) is 7.49. The van der Waals surface area contributed by atoms with Crippen molar-refractivity contribution in [3.8, 4) is 17.2 Å². The zero-order valence-corrected chi connectivity index (χ0v) is 15.8. The summed E-state index contributed by atoms with van der Waals surface area (Å²) < 4.78 is 11.3. The highest BCUT2D eigenvalue weighted by atomic mass is 79.9. The van der Waals surface area contributed by atoms with Gasteiger partial charge in [0.05, 0.1) is 13.3 Å². The number of halogens is 1. The van der Waals surface area contributed by atoms with Gasteiger partial charge in [-0.05, 0) is 43.2 Å². The third kappa shape index (κ3) is 4.96. The van der Waals surface area contributed by atoms with Gasteiger partial charge in [-0.25, -0.2) is 5.43 Å². The number of nitrogens with zero attached hydrogens (tertiary/aromatic N) is 1. The van der Waals surface area contributed by atoms with Crippen LogP contribution in [0.25, 0.3) is 0 Å². The van der Waals surface area contributed by atoms with E-state index in [2.05, 4.69) is 26.5 Å².